The van der Waals surface area contributed by atoms with Crippen LogP contribution in [-0.2, 0) is 0 Å². The molecule has 0 aliphatic carbocycles. The summed E-state index contributed by atoms with van der Waals surface area (Å²) >= 11 is 6.03. The third-order valence-electron chi connectivity index (χ3n) is 1.98. The summed E-state index contributed by atoms with van der Waals surface area (Å²) in [5, 5.41) is 8.72. The van der Waals surface area contributed by atoms with E-state index >= 15 is 0 Å². The van der Waals surface area contributed by atoms with E-state index in [-0.39, 0.29) is 6.04 Å². The quantitative estimate of drug-likeness (QED) is 0.755. The number of halogens is 1. The van der Waals surface area contributed by atoms with Gasteiger partial charge in [-0.05, 0) is 18.6 Å². The smallest absolute Gasteiger partial charge is 0.0980 e. The first-order chi connectivity index (χ1) is 6.79. The molecule has 1 atom stereocenters. The Morgan fingerprint density at radius 3 is 2.50 bits per heavy atom. The van der Waals surface area contributed by atoms with Gasteiger partial charge >= 0.3 is 0 Å². The molecule has 0 amide bonds. The van der Waals surface area contributed by atoms with Crippen LogP contribution in [0.5, 0.6) is 0 Å². The lowest BCUT2D eigenvalue weighted by atomic mass is 10.1. The first kappa shape index (κ1) is 9.21. The second-order valence-electron chi connectivity index (χ2n) is 2.89. The Kier molecular flexibility index (Phi) is 2.50. The van der Waals surface area contributed by atoms with Crippen molar-refractivity contribution in [2.24, 2.45) is 0 Å². The number of hydrogen-bond acceptors (Lipinski definition) is 2. The van der Waals surface area contributed by atoms with Gasteiger partial charge in [0.2, 0.25) is 0 Å². The molecule has 0 saturated carbocycles. The van der Waals surface area contributed by atoms with Crippen molar-refractivity contribution in [2.75, 3.05) is 0 Å². The molecule has 0 fully saturated rings. The molecule has 2 aromatic rings. The molecule has 1 aromatic carbocycles. The average Bonchev–Trinajstić information content (AvgIpc) is 2.70. The molecule has 0 N–H and O–H groups in total. The van der Waals surface area contributed by atoms with E-state index in [1.165, 1.54) is 4.80 Å². The molecule has 0 bridgehead atoms. The van der Waals surface area contributed by atoms with Crippen LogP contribution in [0.1, 0.15) is 11.6 Å². The van der Waals surface area contributed by atoms with Crippen LogP contribution < -0.4 is 0 Å². The van der Waals surface area contributed by atoms with Gasteiger partial charge in [-0.1, -0.05) is 29.8 Å². The third-order valence-corrected chi connectivity index (χ3v) is 2.32. The lowest BCUT2D eigenvalue weighted by Crippen LogP contribution is -2.10. The van der Waals surface area contributed by atoms with E-state index in [9.17, 15) is 0 Å². The molecule has 4 heteroatoms. The molecule has 1 heterocycles. The lowest BCUT2D eigenvalue weighted by Gasteiger charge is -2.11. The van der Waals surface area contributed by atoms with Crippen molar-refractivity contribution in [3.05, 3.63) is 54.2 Å². The Morgan fingerprint density at radius 2 is 1.86 bits per heavy atom. The minimum absolute atomic E-state index is 0.182. The molecular formula is C10H9ClN3. The molecule has 0 spiro atoms. The van der Waals surface area contributed by atoms with Crippen molar-refractivity contribution in [2.45, 2.75) is 6.04 Å². The van der Waals surface area contributed by atoms with Crippen molar-refractivity contribution in [1.29, 1.82) is 0 Å². The summed E-state index contributed by atoms with van der Waals surface area (Å²) in [7, 11) is 0. The predicted octanol–water partition coefficient (Wildman–Crippen LogP) is 2.35. The fraction of sp³-hybridized carbons (Fsp3) is 0.100. The monoisotopic (exact) mass is 206 g/mol. The first-order valence-electron chi connectivity index (χ1n) is 4.22. The van der Waals surface area contributed by atoms with Crippen LogP contribution in [0.15, 0.2) is 36.7 Å². The highest BCUT2D eigenvalue weighted by Crippen LogP contribution is 2.23. The third kappa shape index (κ3) is 1.63. The van der Waals surface area contributed by atoms with E-state index in [2.05, 4.69) is 17.1 Å². The molecule has 0 aliphatic rings. The number of hydrogen-bond donors (Lipinski definition) is 0. The number of rotatable bonds is 2. The summed E-state index contributed by atoms with van der Waals surface area (Å²) in [5.41, 5.74) is 0.922. The normalized spacial score (nSPS) is 12.7. The van der Waals surface area contributed by atoms with Crippen LogP contribution in [0.3, 0.4) is 0 Å². The van der Waals surface area contributed by atoms with Crippen LogP contribution in [0.2, 0.25) is 5.02 Å². The van der Waals surface area contributed by atoms with Crippen molar-refractivity contribution >= 4 is 11.6 Å². The van der Waals surface area contributed by atoms with Gasteiger partial charge in [0.05, 0.1) is 18.4 Å². The van der Waals surface area contributed by atoms with E-state index < -0.39 is 0 Å². The summed E-state index contributed by atoms with van der Waals surface area (Å²) in [4.78, 5) is 1.53. The van der Waals surface area contributed by atoms with Gasteiger partial charge in [0.1, 0.15) is 0 Å². The van der Waals surface area contributed by atoms with E-state index in [1.54, 1.807) is 12.4 Å². The number of benzene rings is 1. The molecule has 1 radical (unpaired) electrons. The van der Waals surface area contributed by atoms with Crippen LogP contribution in [0.4, 0.5) is 0 Å². The second kappa shape index (κ2) is 3.80. The molecule has 71 valence electrons. The Hall–Kier alpha value is -1.35. The molecule has 1 unspecified atom stereocenters. The van der Waals surface area contributed by atoms with Crippen molar-refractivity contribution in [3.63, 3.8) is 0 Å². The number of aromatic nitrogens is 3. The summed E-state index contributed by atoms with van der Waals surface area (Å²) in [5.74, 6) is 0. The molecular weight excluding hydrogens is 198 g/mol. The van der Waals surface area contributed by atoms with Gasteiger partial charge in [-0.2, -0.15) is 15.0 Å². The maximum Gasteiger partial charge on any atom is 0.0980 e. The Bertz CT molecular complexity index is 411. The minimum atomic E-state index is -0.182. The van der Waals surface area contributed by atoms with Gasteiger partial charge < -0.3 is 0 Å². The molecule has 14 heavy (non-hydrogen) atoms. The molecule has 1 aromatic heterocycles. The summed E-state index contributed by atoms with van der Waals surface area (Å²) in [6, 6.07) is 7.37. The Morgan fingerprint density at radius 1 is 1.21 bits per heavy atom. The van der Waals surface area contributed by atoms with Gasteiger partial charge in [-0.25, -0.2) is 0 Å². The van der Waals surface area contributed by atoms with Gasteiger partial charge in [-0.15, -0.1) is 0 Å². The largest absolute Gasteiger partial charge is 0.177 e. The molecule has 0 saturated heterocycles. The Balaban J connectivity index is 2.37. The van der Waals surface area contributed by atoms with E-state index in [4.69, 9.17) is 11.6 Å². The van der Waals surface area contributed by atoms with Crippen LogP contribution >= 0.6 is 11.6 Å². The number of nitrogens with zero attached hydrogens (tertiary/aromatic N) is 3. The summed E-state index contributed by atoms with van der Waals surface area (Å²) in [6.07, 6.45) is 3.24. The van der Waals surface area contributed by atoms with E-state index in [0.29, 0.717) is 5.02 Å². The van der Waals surface area contributed by atoms with Crippen LogP contribution in [-0.4, -0.2) is 15.0 Å². The van der Waals surface area contributed by atoms with Gasteiger partial charge in [-0.3, -0.25) is 0 Å². The lowest BCUT2D eigenvalue weighted by molar-refractivity contribution is 0.528. The topological polar surface area (TPSA) is 30.7 Å². The summed E-state index contributed by atoms with van der Waals surface area (Å²) in [6.45, 7) is 3.97. The molecule has 2 rings (SSSR count). The van der Waals surface area contributed by atoms with Gasteiger partial charge in [0, 0.05) is 5.02 Å². The maximum atomic E-state index is 6.03. The molecule has 0 aliphatic heterocycles. The fourth-order valence-electron chi connectivity index (χ4n) is 1.26. The SMILES string of the molecule is [CH2]C(c1ccccc1Cl)n1nccn1. The zero-order chi connectivity index (χ0) is 9.97. The average molecular weight is 207 g/mol. The maximum absolute atomic E-state index is 6.03. The first-order valence-corrected chi connectivity index (χ1v) is 4.60. The highest BCUT2D eigenvalue weighted by molar-refractivity contribution is 6.31. The van der Waals surface area contributed by atoms with Crippen LogP contribution in [0.25, 0.3) is 0 Å². The zero-order valence-corrected chi connectivity index (χ0v) is 8.22. The van der Waals surface area contributed by atoms with E-state index in [1.807, 2.05) is 24.3 Å². The minimum Gasteiger partial charge on any atom is -0.177 e. The van der Waals surface area contributed by atoms with Gasteiger partial charge in [0.15, 0.2) is 0 Å². The molecule has 3 nitrogen and oxygen atoms in total. The van der Waals surface area contributed by atoms with Crippen molar-refractivity contribution < 1.29 is 0 Å². The van der Waals surface area contributed by atoms with Gasteiger partial charge in [0.25, 0.3) is 0 Å². The fourth-order valence-corrected chi connectivity index (χ4v) is 1.52. The van der Waals surface area contributed by atoms with E-state index in [0.717, 1.165) is 5.56 Å². The van der Waals surface area contributed by atoms with Crippen molar-refractivity contribution in [3.8, 4) is 0 Å². The highest BCUT2D eigenvalue weighted by Gasteiger charge is 2.11. The highest BCUT2D eigenvalue weighted by atomic mass is 35.5. The standard InChI is InChI=1S/C10H9ClN3/c1-8(14-12-6-7-13-14)9-4-2-3-5-10(9)11/h2-8H,1H2. The summed E-state index contributed by atoms with van der Waals surface area (Å²) < 4.78 is 0. The van der Waals surface area contributed by atoms with Crippen molar-refractivity contribution in [1.82, 2.24) is 15.0 Å². The Labute approximate surface area is 87.3 Å². The zero-order valence-electron chi connectivity index (χ0n) is 7.47. The van der Waals surface area contributed by atoms with Crippen LogP contribution in [0, 0.1) is 6.92 Å². The predicted molar refractivity (Wildman–Crippen MR) is 55.0 cm³/mol. The second-order valence-corrected chi connectivity index (χ2v) is 3.29.